The maximum Gasteiger partial charge on any atom is 1.00 e. The first kappa shape index (κ1) is 18.9. The Labute approximate surface area is 149 Å². The molecule has 0 saturated heterocycles. The third kappa shape index (κ3) is 12.2. The van der Waals surface area contributed by atoms with E-state index in [-0.39, 0.29) is 103 Å². The standard InChI is InChI=1S/C4H7NO4.2K/c5-2(4(8)9)1-3(6)7;;/h2H,1,5H2,(H,6,7)(H,8,9);;/q;2*+1/p-2/t2-;;/m1../s1. The van der Waals surface area contributed by atoms with Gasteiger partial charge in [-0.15, -0.1) is 0 Å². The molecule has 0 bridgehead atoms. The van der Waals surface area contributed by atoms with E-state index in [1.54, 1.807) is 0 Å². The molecule has 0 spiro atoms. The van der Waals surface area contributed by atoms with Crippen molar-refractivity contribution in [1.29, 1.82) is 0 Å². The molecule has 1 atom stereocenters. The van der Waals surface area contributed by atoms with Crippen LogP contribution in [0.4, 0.5) is 0 Å². The summed E-state index contributed by atoms with van der Waals surface area (Å²) in [6.07, 6.45) is -0.706. The Bertz CT molecular complexity index is 140. The number of carboxylic acid groups (broad SMARTS) is 2. The van der Waals surface area contributed by atoms with E-state index in [0.29, 0.717) is 0 Å². The summed E-state index contributed by atoms with van der Waals surface area (Å²) in [5.41, 5.74) is 4.73. The Morgan fingerprint density at radius 1 is 1.27 bits per heavy atom. The molecular formula is C4H5K2NO4. The van der Waals surface area contributed by atoms with Gasteiger partial charge in [0.05, 0.1) is 5.97 Å². The molecule has 0 saturated carbocycles. The Kier molecular flexibility index (Phi) is 17.6. The number of hydrogen-bond acceptors (Lipinski definition) is 5. The van der Waals surface area contributed by atoms with E-state index in [4.69, 9.17) is 5.73 Å². The van der Waals surface area contributed by atoms with E-state index in [0.717, 1.165) is 0 Å². The Hall–Kier alpha value is 2.17. The molecule has 2 N–H and O–H groups in total. The quantitative estimate of drug-likeness (QED) is 0.464. The number of carboxylic acids is 2. The molecule has 0 heterocycles. The van der Waals surface area contributed by atoms with Gasteiger partial charge in [-0.2, -0.15) is 0 Å². The predicted octanol–water partition coefficient (Wildman–Crippen LogP) is -9.79. The minimum atomic E-state index is -1.58. The number of hydrogen-bond donors (Lipinski definition) is 1. The molecule has 0 aliphatic rings. The molecule has 0 aromatic rings. The monoisotopic (exact) mass is 209 g/mol. The molecule has 0 fully saturated rings. The SMILES string of the molecule is N[C@H](CC(=O)[O-])C(=O)[O-].[K+].[K+]. The average molecular weight is 209 g/mol. The zero-order chi connectivity index (χ0) is 7.44. The average Bonchev–Trinajstić information content (AvgIpc) is 1.63. The van der Waals surface area contributed by atoms with Gasteiger partial charge in [-0.1, -0.05) is 0 Å². The number of rotatable bonds is 3. The molecule has 0 aliphatic heterocycles. The summed E-state index contributed by atoms with van der Waals surface area (Å²) < 4.78 is 0. The molecular weight excluding hydrogens is 204 g/mol. The van der Waals surface area contributed by atoms with Gasteiger partial charge in [0.1, 0.15) is 0 Å². The second-order valence-electron chi connectivity index (χ2n) is 1.50. The van der Waals surface area contributed by atoms with Crippen molar-refractivity contribution >= 4 is 11.9 Å². The fraction of sp³-hybridized carbons (Fsp3) is 0.500. The summed E-state index contributed by atoms with van der Waals surface area (Å²) >= 11 is 0. The van der Waals surface area contributed by atoms with E-state index >= 15 is 0 Å². The van der Waals surface area contributed by atoms with Crippen molar-refractivity contribution < 1.29 is 123 Å². The van der Waals surface area contributed by atoms with Crippen LogP contribution in [0.1, 0.15) is 6.42 Å². The second kappa shape index (κ2) is 10.3. The van der Waals surface area contributed by atoms with Crippen LogP contribution < -0.4 is 119 Å². The van der Waals surface area contributed by atoms with Gasteiger partial charge in [-0.25, -0.2) is 0 Å². The molecule has 0 aromatic heterocycles. The van der Waals surface area contributed by atoms with Gasteiger partial charge in [0.15, 0.2) is 0 Å². The Morgan fingerprint density at radius 3 is 1.73 bits per heavy atom. The van der Waals surface area contributed by atoms with Crippen molar-refractivity contribution in [3.8, 4) is 0 Å². The predicted molar refractivity (Wildman–Crippen MR) is 22.6 cm³/mol. The first-order valence-corrected chi connectivity index (χ1v) is 2.20. The Morgan fingerprint density at radius 2 is 1.64 bits per heavy atom. The van der Waals surface area contributed by atoms with Crippen LogP contribution in [0.25, 0.3) is 0 Å². The molecule has 52 valence electrons. The molecule has 0 aliphatic carbocycles. The van der Waals surface area contributed by atoms with Gasteiger partial charge in [0, 0.05) is 18.4 Å². The van der Waals surface area contributed by atoms with Crippen molar-refractivity contribution in [1.82, 2.24) is 0 Å². The van der Waals surface area contributed by atoms with E-state index in [9.17, 15) is 19.8 Å². The summed E-state index contributed by atoms with van der Waals surface area (Å²) in [5.74, 6) is -3.08. The van der Waals surface area contributed by atoms with E-state index in [1.807, 2.05) is 0 Å². The molecule has 0 unspecified atom stereocenters. The van der Waals surface area contributed by atoms with Crippen LogP contribution in [0.5, 0.6) is 0 Å². The largest absolute Gasteiger partial charge is 1.00 e. The van der Waals surface area contributed by atoms with Crippen molar-refractivity contribution in [3.63, 3.8) is 0 Å². The van der Waals surface area contributed by atoms with Crippen LogP contribution in [0.15, 0.2) is 0 Å². The van der Waals surface area contributed by atoms with Crippen molar-refractivity contribution in [2.24, 2.45) is 5.73 Å². The van der Waals surface area contributed by atoms with E-state index in [1.165, 1.54) is 0 Å². The maximum absolute atomic E-state index is 9.71. The van der Waals surface area contributed by atoms with Gasteiger partial charge >= 0.3 is 103 Å². The third-order valence-corrected chi connectivity index (χ3v) is 0.689. The summed E-state index contributed by atoms with van der Waals surface area (Å²) in [5, 5.41) is 19.3. The zero-order valence-electron chi connectivity index (χ0n) is 6.49. The molecule has 0 aromatic carbocycles. The topological polar surface area (TPSA) is 106 Å². The Balaban J connectivity index is -0.000000320. The number of aliphatic carboxylic acids is 2. The number of carbonyl (C=O) groups excluding carboxylic acids is 2. The van der Waals surface area contributed by atoms with Gasteiger partial charge in [0.25, 0.3) is 0 Å². The first-order valence-electron chi connectivity index (χ1n) is 2.20. The van der Waals surface area contributed by atoms with E-state index < -0.39 is 24.4 Å². The fourth-order valence-corrected chi connectivity index (χ4v) is 0.263. The molecule has 11 heavy (non-hydrogen) atoms. The number of carbonyl (C=O) groups is 2. The first-order chi connectivity index (χ1) is 4.04. The van der Waals surface area contributed by atoms with Crippen LogP contribution in [0.3, 0.4) is 0 Å². The summed E-state index contributed by atoms with van der Waals surface area (Å²) in [6, 6.07) is -1.46. The van der Waals surface area contributed by atoms with Gasteiger partial charge in [-0.3, -0.25) is 0 Å². The molecule has 7 heteroatoms. The molecule has 0 radical (unpaired) electrons. The van der Waals surface area contributed by atoms with Crippen molar-refractivity contribution in [2.75, 3.05) is 0 Å². The summed E-state index contributed by atoms with van der Waals surface area (Å²) in [4.78, 5) is 19.3. The minimum absolute atomic E-state index is 0. The second-order valence-corrected chi connectivity index (χ2v) is 1.50. The molecule has 0 rings (SSSR count). The van der Waals surface area contributed by atoms with Crippen LogP contribution in [-0.2, 0) is 9.59 Å². The summed E-state index contributed by atoms with van der Waals surface area (Å²) in [7, 11) is 0. The van der Waals surface area contributed by atoms with Gasteiger partial charge in [0.2, 0.25) is 0 Å². The van der Waals surface area contributed by atoms with Crippen molar-refractivity contribution in [2.45, 2.75) is 12.5 Å². The van der Waals surface area contributed by atoms with Crippen LogP contribution in [0.2, 0.25) is 0 Å². The van der Waals surface area contributed by atoms with Crippen LogP contribution in [0, 0.1) is 0 Å². The van der Waals surface area contributed by atoms with Gasteiger partial charge < -0.3 is 25.5 Å². The zero-order valence-corrected chi connectivity index (χ0v) is 12.7. The smallest absolute Gasteiger partial charge is 0.550 e. The third-order valence-electron chi connectivity index (χ3n) is 0.689. The van der Waals surface area contributed by atoms with Crippen LogP contribution in [-0.4, -0.2) is 18.0 Å². The maximum atomic E-state index is 9.71. The molecule has 0 amide bonds. The minimum Gasteiger partial charge on any atom is -0.550 e. The van der Waals surface area contributed by atoms with Crippen LogP contribution >= 0.6 is 0 Å². The number of nitrogens with two attached hydrogens (primary N) is 1. The fourth-order valence-electron chi connectivity index (χ4n) is 0.263. The molecule has 5 nitrogen and oxygen atoms in total. The summed E-state index contributed by atoms with van der Waals surface area (Å²) in [6.45, 7) is 0. The normalized spacial score (nSPS) is 10.3. The van der Waals surface area contributed by atoms with E-state index in [2.05, 4.69) is 0 Å². The van der Waals surface area contributed by atoms with Gasteiger partial charge in [-0.05, 0) is 0 Å². The van der Waals surface area contributed by atoms with Crippen molar-refractivity contribution in [3.05, 3.63) is 0 Å².